The number of para-hydroxylation sites is 1. The molecule has 2 aliphatic rings. The molecule has 1 aromatic rings. The predicted octanol–water partition coefficient (Wildman–Crippen LogP) is 0.410. The second-order valence-corrected chi connectivity index (χ2v) is 5.35. The summed E-state index contributed by atoms with van der Waals surface area (Å²) in [6, 6.07) is 6.86. The van der Waals surface area contributed by atoms with Gasteiger partial charge in [-0.05, 0) is 19.2 Å². The molecule has 0 spiro atoms. The molecule has 112 valence electrons. The van der Waals surface area contributed by atoms with Crippen molar-refractivity contribution in [3.8, 4) is 5.75 Å². The minimum Gasteiger partial charge on any atom is -0.507 e. The fourth-order valence-electron chi connectivity index (χ4n) is 2.46. The van der Waals surface area contributed by atoms with Gasteiger partial charge in [-0.25, -0.2) is 4.90 Å². The summed E-state index contributed by atoms with van der Waals surface area (Å²) in [5, 5.41) is 12.6. The van der Waals surface area contributed by atoms with Crippen LogP contribution in [0.15, 0.2) is 30.0 Å². The van der Waals surface area contributed by atoms with Gasteiger partial charge in [0.2, 0.25) is 6.35 Å². The van der Waals surface area contributed by atoms with E-state index in [0.717, 1.165) is 26.2 Å². The van der Waals surface area contributed by atoms with E-state index in [9.17, 15) is 9.90 Å². The topological polar surface area (TPSA) is 65.0 Å². The number of likely N-dealkylation sites (N-methyl/N-ethyl adjacent to an activating group) is 1. The molecule has 0 bridgehead atoms. The van der Waals surface area contributed by atoms with Crippen LogP contribution in [0.5, 0.6) is 5.75 Å². The van der Waals surface area contributed by atoms with Crippen LogP contribution in [0.3, 0.4) is 0 Å². The predicted molar refractivity (Wildman–Crippen MR) is 78.2 cm³/mol. The Morgan fingerprint density at radius 3 is 2.71 bits per heavy atom. The molecule has 2 saturated heterocycles. The van der Waals surface area contributed by atoms with Gasteiger partial charge in [0.05, 0.1) is 0 Å². The summed E-state index contributed by atoms with van der Waals surface area (Å²) in [5.41, 5.74) is 0.571. The number of ether oxygens (including phenoxy) is 1. The van der Waals surface area contributed by atoms with E-state index in [-0.39, 0.29) is 17.4 Å². The number of rotatable bonds is 2. The van der Waals surface area contributed by atoms with Crippen LogP contribution in [-0.2, 0) is 9.53 Å². The molecule has 0 aliphatic carbocycles. The number of hydrogen-bond acceptors (Lipinski definition) is 5. The molecule has 1 aromatic carbocycles. The van der Waals surface area contributed by atoms with Gasteiger partial charge < -0.3 is 20.1 Å². The van der Waals surface area contributed by atoms with Crippen molar-refractivity contribution >= 4 is 12.0 Å². The first-order valence-electron chi connectivity index (χ1n) is 7.03. The van der Waals surface area contributed by atoms with E-state index >= 15 is 0 Å². The van der Waals surface area contributed by atoms with E-state index < -0.39 is 6.35 Å². The van der Waals surface area contributed by atoms with Gasteiger partial charge in [-0.2, -0.15) is 0 Å². The van der Waals surface area contributed by atoms with Gasteiger partial charge in [-0.3, -0.25) is 4.79 Å². The molecule has 2 heterocycles. The number of hydrogen-bond donors (Lipinski definition) is 2. The summed E-state index contributed by atoms with van der Waals surface area (Å²) in [5.74, 6) is 0.118. The molecular formula is C15H19N3O3. The highest BCUT2D eigenvalue weighted by Gasteiger charge is 2.33. The number of carbonyl (C=O) groups is 1. The standard InChI is InChI=1S/C15H19N3O3/c1-17-6-8-18(9-7-17)15-16-14(20)13(21-15)10-11-4-2-3-5-12(11)19/h2-5,10,15,19H,6-9H2,1H3,(H,16,20). The number of piperazine rings is 1. The van der Waals surface area contributed by atoms with Crippen LogP contribution in [0, 0.1) is 0 Å². The first-order valence-corrected chi connectivity index (χ1v) is 7.03. The number of amides is 1. The highest BCUT2D eigenvalue weighted by Crippen LogP contribution is 2.23. The lowest BCUT2D eigenvalue weighted by Gasteiger charge is -2.34. The maximum Gasteiger partial charge on any atom is 0.290 e. The smallest absolute Gasteiger partial charge is 0.290 e. The van der Waals surface area contributed by atoms with Gasteiger partial charge in [-0.1, -0.05) is 18.2 Å². The second kappa shape index (κ2) is 5.75. The fraction of sp³-hybridized carbons (Fsp3) is 0.400. The SMILES string of the molecule is CN1CCN(C2NC(=O)C(=Cc3ccccc3O)O2)CC1. The Morgan fingerprint density at radius 1 is 1.29 bits per heavy atom. The zero-order valence-electron chi connectivity index (χ0n) is 12.0. The fourth-order valence-corrected chi connectivity index (χ4v) is 2.46. The summed E-state index contributed by atoms with van der Waals surface area (Å²) in [6.45, 7) is 3.61. The third-order valence-corrected chi connectivity index (χ3v) is 3.81. The summed E-state index contributed by atoms with van der Waals surface area (Å²) in [6.07, 6.45) is 1.16. The van der Waals surface area contributed by atoms with Gasteiger partial charge >= 0.3 is 0 Å². The maximum atomic E-state index is 12.0. The average Bonchev–Trinajstić information content (AvgIpc) is 2.83. The van der Waals surface area contributed by atoms with Crippen molar-refractivity contribution < 1.29 is 14.6 Å². The van der Waals surface area contributed by atoms with Crippen molar-refractivity contribution in [2.75, 3.05) is 33.2 Å². The number of benzene rings is 1. The van der Waals surface area contributed by atoms with E-state index in [1.54, 1.807) is 30.3 Å². The highest BCUT2D eigenvalue weighted by molar-refractivity contribution is 5.97. The van der Waals surface area contributed by atoms with Crippen molar-refractivity contribution in [1.82, 2.24) is 15.1 Å². The van der Waals surface area contributed by atoms with E-state index in [4.69, 9.17) is 4.74 Å². The van der Waals surface area contributed by atoms with E-state index in [2.05, 4.69) is 22.2 Å². The molecule has 21 heavy (non-hydrogen) atoms. The average molecular weight is 289 g/mol. The minimum atomic E-state index is -0.414. The zero-order valence-corrected chi connectivity index (χ0v) is 12.0. The Bertz CT molecular complexity index is 565. The number of nitrogens with zero attached hydrogens (tertiary/aromatic N) is 2. The molecule has 0 aromatic heterocycles. The largest absolute Gasteiger partial charge is 0.507 e. The minimum absolute atomic E-state index is 0.129. The molecule has 6 heteroatoms. The first-order chi connectivity index (χ1) is 10.1. The Morgan fingerprint density at radius 2 is 2.00 bits per heavy atom. The van der Waals surface area contributed by atoms with Gasteiger partial charge in [0, 0.05) is 31.7 Å². The molecule has 0 radical (unpaired) electrons. The first kappa shape index (κ1) is 13.9. The Kier molecular flexibility index (Phi) is 3.81. The van der Waals surface area contributed by atoms with Crippen LogP contribution in [0.1, 0.15) is 5.56 Å². The van der Waals surface area contributed by atoms with Crippen molar-refractivity contribution in [3.05, 3.63) is 35.6 Å². The van der Waals surface area contributed by atoms with E-state index in [1.165, 1.54) is 0 Å². The Hall–Kier alpha value is -2.05. The van der Waals surface area contributed by atoms with Crippen LogP contribution in [0.25, 0.3) is 6.08 Å². The van der Waals surface area contributed by atoms with Gasteiger partial charge in [0.15, 0.2) is 5.76 Å². The molecule has 2 fully saturated rings. The van der Waals surface area contributed by atoms with Gasteiger partial charge in [0.25, 0.3) is 5.91 Å². The van der Waals surface area contributed by atoms with Gasteiger partial charge in [-0.15, -0.1) is 0 Å². The monoisotopic (exact) mass is 289 g/mol. The van der Waals surface area contributed by atoms with E-state index in [1.807, 2.05) is 0 Å². The summed E-state index contributed by atoms with van der Waals surface area (Å²) in [4.78, 5) is 16.3. The lowest BCUT2D eigenvalue weighted by atomic mass is 10.2. The van der Waals surface area contributed by atoms with Crippen molar-refractivity contribution in [2.24, 2.45) is 0 Å². The quantitative estimate of drug-likeness (QED) is 0.772. The summed E-state index contributed by atoms with van der Waals surface area (Å²) < 4.78 is 5.70. The molecule has 0 saturated carbocycles. The number of carbonyl (C=O) groups excluding carboxylic acids is 1. The number of nitrogens with one attached hydrogen (secondary N) is 1. The Balaban J connectivity index is 1.72. The lowest BCUT2D eigenvalue weighted by Crippen LogP contribution is -2.52. The van der Waals surface area contributed by atoms with Crippen LogP contribution in [0.4, 0.5) is 0 Å². The van der Waals surface area contributed by atoms with Crippen molar-refractivity contribution in [1.29, 1.82) is 0 Å². The molecule has 2 aliphatic heterocycles. The third kappa shape index (κ3) is 3.01. The van der Waals surface area contributed by atoms with Crippen LogP contribution in [-0.4, -0.2) is 60.4 Å². The molecule has 1 amide bonds. The second-order valence-electron chi connectivity index (χ2n) is 5.35. The summed E-state index contributed by atoms with van der Waals surface area (Å²) in [7, 11) is 2.08. The molecule has 1 atom stereocenters. The highest BCUT2D eigenvalue weighted by atomic mass is 16.5. The van der Waals surface area contributed by atoms with Crippen molar-refractivity contribution in [3.63, 3.8) is 0 Å². The molecule has 3 rings (SSSR count). The third-order valence-electron chi connectivity index (χ3n) is 3.81. The normalized spacial score (nSPS) is 25.9. The van der Waals surface area contributed by atoms with Gasteiger partial charge in [0.1, 0.15) is 5.75 Å². The zero-order chi connectivity index (χ0) is 14.8. The van der Waals surface area contributed by atoms with Crippen LogP contribution >= 0.6 is 0 Å². The number of phenols is 1. The van der Waals surface area contributed by atoms with E-state index in [0.29, 0.717) is 5.56 Å². The molecule has 6 nitrogen and oxygen atoms in total. The number of phenolic OH excluding ortho intramolecular Hbond substituents is 1. The molecular weight excluding hydrogens is 270 g/mol. The lowest BCUT2D eigenvalue weighted by molar-refractivity contribution is -0.117. The maximum absolute atomic E-state index is 12.0. The van der Waals surface area contributed by atoms with Crippen LogP contribution < -0.4 is 5.32 Å². The van der Waals surface area contributed by atoms with Crippen LogP contribution in [0.2, 0.25) is 0 Å². The summed E-state index contributed by atoms with van der Waals surface area (Å²) >= 11 is 0. The van der Waals surface area contributed by atoms with Crippen molar-refractivity contribution in [2.45, 2.75) is 6.35 Å². The molecule has 2 N–H and O–H groups in total. The number of aromatic hydroxyl groups is 1. The Labute approximate surface area is 123 Å². The molecule has 1 unspecified atom stereocenters.